The van der Waals surface area contributed by atoms with Crippen molar-refractivity contribution in [1.82, 2.24) is 10.2 Å². The first-order valence-corrected chi connectivity index (χ1v) is 11.6. The number of nitrogens with zero attached hydrogens (tertiary/aromatic N) is 1. The van der Waals surface area contributed by atoms with Crippen LogP contribution in [-0.2, 0) is 9.84 Å². The number of hydrogen-bond acceptors (Lipinski definition) is 3. The molecule has 1 saturated carbocycles. The van der Waals surface area contributed by atoms with Gasteiger partial charge in [0.25, 0.3) is 0 Å². The molecule has 2 aliphatic rings. The summed E-state index contributed by atoms with van der Waals surface area (Å²) in [6.07, 6.45) is -0.353. The second-order valence-corrected chi connectivity index (χ2v) is 9.78. The number of hydrogen-bond donors (Lipinski definition) is 1. The maximum absolute atomic E-state index is 13.3. The normalized spacial score (nSPS) is 24.5. The lowest BCUT2D eigenvalue weighted by Gasteiger charge is -2.40. The summed E-state index contributed by atoms with van der Waals surface area (Å²) < 4.78 is 62.8. The monoisotopic (exact) mass is 430 g/mol. The van der Waals surface area contributed by atoms with Crippen molar-refractivity contribution in [3.63, 3.8) is 0 Å². The van der Waals surface area contributed by atoms with Crippen molar-refractivity contribution in [1.29, 1.82) is 0 Å². The van der Waals surface area contributed by atoms with Crippen molar-refractivity contribution in [2.45, 2.75) is 43.9 Å². The standard InChI is InChI=1S/C20H25F3N2O3S/c1-29(27,28)12-10-17(14-7-8-14)24-19(26)25-11-9-16(20(21,22)23)13-18(25)15-5-3-2-4-6-15/h2-6,10,12,14,16-18H,7-9,11,13H2,1H3,(H,24,26)/b12-10+/t16-,17-,18+/m1/s1. The van der Waals surface area contributed by atoms with Gasteiger partial charge >= 0.3 is 12.2 Å². The van der Waals surface area contributed by atoms with Crippen molar-refractivity contribution in [2.24, 2.45) is 11.8 Å². The molecule has 1 heterocycles. The summed E-state index contributed by atoms with van der Waals surface area (Å²) in [4.78, 5) is 14.4. The minimum Gasteiger partial charge on any atom is -0.331 e. The summed E-state index contributed by atoms with van der Waals surface area (Å²) in [5.74, 6) is -1.30. The highest BCUT2D eigenvalue weighted by atomic mass is 32.2. The van der Waals surface area contributed by atoms with Gasteiger partial charge in [-0.15, -0.1) is 0 Å². The number of likely N-dealkylation sites (tertiary alicyclic amines) is 1. The van der Waals surface area contributed by atoms with Crippen LogP contribution >= 0.6 is 0 Å². The van der Waals surface area contributed by atoms with E-state index in [9.17, 15) is 26.4 Å². The maximum Gasteiger partial charge on any atom is 0.391 e. The lowest BCUT2D eigenvalue weighted by atomic mass is 9.87. The second kappa shape index (κ2) is 8.38. The number of urea groups is 1. The Morgan fingerprint density at radius 1 is 1.21 bits per heavy atom. The predicted octanol–water partition coefficient (Wildman–Crippen LogP) is 4.05. The zero-order valence-corrected chi connectivity index (χ0v) is 16.9. The first kappa shape index (κ1) is 21.7. The molecule has 29 heavy (non-hydrogen) atoms. The largest absolute Gasteiger partial charge is 0.391 e. The molecule has 0 aromatic heterocycles. The molecule has 1 aliphatic carbocycles. The van der Waals surface area contributed by atoms with Crippen molar-refractivity contribution < 1.29 is 26.4 Å². The molecule has 0 radical (unpaired) electrons. The van der Waals surface area contributed by atoms with E-state index in [0.29, 0.717) is 5.56 Å². The first-order valence-electron chi connectivity index (χ1n) is 9.61. The zero-order chi connectivity index (χ0) is 21.2. The van der Waals surface area contributed by atoms with E-state index in [0.717, 1.165) is 24.5 Å². The van der Waals surface area contributed by atoms with Gasteiger partial charge in [0.2, 0.25) is 0 Å². The third-order valence-corrected chi connectivity index (χ3v) is 6.12. The Morgan fingerprint density at radius 3 is 2.41 bits per heavy atom. The van der Waals surface area contributed by atoms with Gasteiger partial charge in [-0.25, -0.2) is 13.2 Å². The molecular weight excluding hydrogens is 405 g/mol. The van der Waals surface area contributed by atoms with Gasteiger partial charge in [0.1, 0.15) is 0 Å². The van der Waals surface area contributed by atoms with Crippen LogP contribution in [0.25, 0.3) is 0 Å². The van der Waals surface area contributed by atoms with Crippen LogP contribution in [0.1, 0.15) is 37.3 Å². The average Bonchev–Trinajstić information content (AvgIpc) is 3.49. The fraction of sp³-hybridized carbons (Fsp3) is 0.550. The minimum atomic E-state index is -4.30. The Morgan fingerprint density at radius 2 is 1.86 bits per heavy atom. The summed E-state index contributed by atoms with van der Waals surface area (Å²) in [7, 11) is -3.33. The fourth-order valence-corrected chi connectivity index (χ4v) is 4.18. The van der Waals surface area contributed by atoms with E-state index in [2.05, 4.69) is 5.32 Å². The molecule has 5 nitrogen and oxygen atoms in total. The number of carbonyl (C=O) groups excluding carboxylic acids is 1. The molecular formula is C20H25F3N2O3S. The van der Waals surface area contributed by atoms with E-state index < -0.39 is 40.0 Å². The molecule has 1 saturated heterocycles. The number of carbonyl (C=O) groups is 1. The molecule has 3 atom stereocenters. The molecule has 1 aromatic carbocycles. The molecule has 1 aliphatic heterocycles. The predicted molar refractivity (Wildman–Crippen MR) is 104 cm³/mol. The molecule has 0 unspecified atom stereocenters. The molecule has 160 valence electrons. The maximum atomic E-state index is 13.3. The number of rotatable bonds is 5. The highest BCUT2D eigenvalue weighted by Crippen LogP contribution is 2.42. The van der Waals surface area contributed by atoms with E-state index in [1.807, 2.05) is 0 Å². The summed E-state index contributed by atoms with van der Waals surface area (Å²) in [6.45, 7) is -0.0112. The highest BCUT2D eigenvalue weighted by molar-refractivity contribution is 7.93. The molecule has 0 bridgehead atoms. The van der Waals surface area contributed by atoms with Crippen LogP contribution in [0.15, 0.2) is 41.8 Å². The minimum absolute atomic E-state index is 0.0112. The van der Waals surface area contributed by atoms with Gasteiger partial charge in [-0.3, -0.25) is 0 Å². The molecule has 3 rings (SSSR count). The number of benzene rings is 1. The first-order chi connectivity index (χ1) is 13.5. The molecule has 2 fully saturated rings. The third-order valence-electron chi connectivity index (χ3n) is 5.46. The lowest BCUT2D eigenvalue weighted by molar-refractivity contribution is -0.188. The fourth-order valence-electron chi connectivity index (χ4n) is 3.73. The van der Waals surface area contributed by atoms with Gasteiger partial charge in [-0.2, -0.15) is 13.2 Å². The van der Waals surface area contributed by atoms with E-state index in [1.165, 1.54) is 11.0 Å². The van der Waals surface area contributed by atoms with Crippen molar-refractivity contribution in [3.8, 4) is 0 Å². The second-order valence-electron chi connectivity index (χ2n) is 7.85. The SMILES string of the molecule is CS(=O)(=O)/C=C/[C@@H](NC(=O)N1CC[C@@H](C(F)(F)F)C[C@H]1c1ccccc1)C1CC1. The summed E-state index contributed by atoms with van der Waals surface area (Å²) in [6, 6.07) is 7.11. The third kappa shape index (κ3) is 5.98. The van der Waals surface area contributed by atoms with Gasteiger partial charge in [0, 0.05) is 18.2 Å². The number of amides is 2. The molecule has 2 amide bonds. The van der Waals surface area contributed by atoms with Crippen molar-refractivity contribution in [2.75, 3.05) is 12.8 Å². The average molecular weight is 430 g/mol. The number of nitrogens with one attached hydrogen (secondary N) is 1. The van der Waals surface area contributed by atoms with E-state index in [1.54, 1.807) is 30.3 Å². The smallest absolute Gasteiger partial charge is 0.331 e. The van der Waals surface area contributed by atoms with Crippen molar-refractivity contribution in [3.05, 3.63) is 47.4 Å². The van der Waals surface area contributed by atoms with Crippen LogP contribution in [0, 0.1) is 11.8 Å². The van der Waals surface area contributed by atoms with Crippen LogP contribution in [0.4, 0.5) is 18.0 Å². The van der Waals surface area contributed by atoms with Gasteiger partial charge in [-0.1, -0.05) is 36.4 Å². The Labute approximate surface area is 168 Å². The van der Waals surface area contributed by atoms with Gasteiger partial charge in [0.05, 0.1) is 18.0 Å². The van der Waals surface area contributed by atoms with E-state index in [-0.39, 0.29) is 25.3 Å². The Kier molecular flexibility index (Phi) is 6.26. The van der Waals surface area contributed by atoms with Gasteiger partial charge in [-0.05, 0) is 37.2 Å². The van der Waals surface area contributed by atoms with Crippen LogP contribution < -0.4 is 5.32 Å². The van der Waals surface area contributed by atoms with Crippen LogP contribution in [0.2, 0.25) is 0 Å². The van der Waals surface area contributed by atoms with E-state index >= 15 is 0 Å². The summed E-state index contributed by atoms with van der Waals surface area (Å²) in [5, 5.41) is 3.90. The molecule has 9 heteroatoms. The lowest BCUT2D eigenvalue weighted by Crippen LogP contribution is -2.50. The Balaban J connectivity index is 1.79. The van der Waals surface area contributed by atoms with Crippen molar-refractivity contribution >= 4 is 15.9 Å². The van der Waals surface area contributed by atoms with Crippen LogP contribution in [0.5, 0.6) is 0 Å². The number of alkyl halides is 3. The van der Waals surface area contributed by atoms with Gasteiger partial charge < -0.3 is 10.2 Å². The van der Waals surface area contributed by atoms with Gasteiger partial charge in [0.15, 0.2) is 9.84 Å². The number of halogens is 3. The molecule has 1 aromatic rings. The molecule has 1 N–H and O–H groups in total. The summed E-state index contributed by atoms with van der Waals surface area (Å²) >= 11 is 0. The zero-order valence-electron chi connectivity index (χ0n) is 16.1. The number of piperidine rings is 1. The number of sulfone groups is 1. The van der Waals surface area contributed by atoms with E-state index in [4.69, 9.17) is 0 Å². The van der Waals surface area contributed by atoms with Crippen LogP contribution in [0.3, 0.4) is 0 Å². The Hall–Kier alpha value is -2.03. The highest BCUT2D eigenvalue weighted by Gasteiger charge is 2.46. The Bertz CT molecular complexity index is 851. The van der Waals surface area contributed by atoms with Crippen LogP contribution in [-0.4, -0.2) is 44.4 Å². The quantitative estimate of drug-likeness (QED) is 0.767. The molecule has 0 spiro atoms. The topological polar surface area (TPSA) is 66.5 Å². The summed E-state index contributed by atoms with van der Waals surface area (Å²) in [5.41, 5.74) is 0.659.